The van der Waals surface area contributed by atoms with E-state index in [4.69, 9.17) is 5.26 Å². The molecule has 0 bridgehead atoms. The second-order valence-corrected chi connectivity index (χ2v) is 5.03. The van der Waals surface area contributed by atoms with E-state index in [1.165, 1.54) is 0 Å². The van der Waals surface area contributed by atoms with Crippen molar-refractivity contribution in [3.05, 3.63) is 34.9 Å². The first-order valence-corrected chi connectivity index (χ1v) is 6.28. The third kappa shape index (κ3) is 3.83. The first-order chi connectivity index (χ1) is 8.45. The van der Waals surface area contributed by atoms with Crippen molar-refractivity contribution in [2.45, 2.75) is 39.3 Å². The van der Waals surface area contributed by atoms with Crippen LogP contribution in [0.25, 0.3) is 0 Å². The molecule has 0 unspecified atom stereocenters. The van der Waals surface area contributed by atoms with Crippen molar-refractivity contribution in [3.8, 4) is 6.07 Å². The zero-order chi connectivity index (χ0) is 13.7. The Hall–Kier alpha value is -1.37. The van der Waals surface area contributed by atoms with Gasteiger partial charge in [-0.3, -0.25) is 4.90 Å². The molecule has 0 aliphatic carbocycles. The molecule has 3 nitrogen and oxygen atoms in total. The van der Waals surface area contributed by atoms with Crippen LogP contribution in [0.15, 0.2) is 18.2 Å². The molecule has 0 aliphatic heterocycles. The topological polar surface area (TPSA) is 47.3 Å². The van der Waals surface area contributed by atoms with Crippen LogP contribution in [-0.4, -0.2) is 29.6 Å². The van der Waals surface area contributed by atoms with Gasteiger partial charge in [0.05, 0.1) is 18.6 Å². The van der Waals surface area contributed by atoms with E-state index in [1.54, 1.807) is 0 Å². The third-order valence-electron chi connectivity index (χ3n) is 3.39. The van der Waals surface area contributed by atoms with Gasteiger partial charge in [0.2, 0.25) is 0 Å². The summed E-state index contributed by atoms with van der Waals surface area (Å²) >= 11 is 0. The molecule has 1 rings (SSSR count). The highest BCUT2D eigenvalue weighted by Crippen LogP contribution is 2.20. The molecule has 2 atom stereocenters. The van der Waals surface area contributed by atoms with E-state index in [-0.39, 0.29) is 6.04 Å². The van der Waals surface area contributed by atoms with Crippen LogP contribution in [0.2, 0.25) is 0 Å². The maximum atomic E-state index is 10.3. The zero-order valence-corrected chi connectivity index (χ0v) is 11.6. The largest absolute Gasteiger partial charge is 0.387 e. The summed E-state index contributed by atoms with van der Waals surface area (Å²) < 4.78 is 0. The Bertz CT molecular complexity index is 437. The lowest BCUT2D eigenvalue weighted by molar-refractivity contribution is 0.109. The molecule has 0 amide bonds. The fraction of sp³-hybridized carbons (Fsp3) is 0.533. The fourth-order valence-electron chi connectivity index (χ4n) is 1.96. The van der Waals surface area contributed by atoms with E-state index < -0.39 is 6.10 Å². The summed E-state index contributed by atoms with van der Waals surface area (Å²) in [5, 5.41) is 19.0. The molecule has 1 N–H and O–H groups in total. The van der Waals surface area contributed by atoms with Crippen LogP contribution >= 0.6 is 0 Å². The average molecular weight is 246 g/mol. The maximum Gasteiger partial charge on any atom is 0.0919 e. The molecule has 3 heteroatoms. The number of benzene rings is 1. The van der Waals surface area contributed by atoms with Crippen LogP contribution < -0.4 is 0 Å². The van der Waals surface area contributed by atoms with Crippen LogP contribution in [0.5, 0.6) is 0 Å². The Kier molecular flexibility index (Phi) is 5.33. The molecule has 0 fully saturated rings. The van der Waals surface area contributed by atoms with Crippen LogP contribution in [0.3, 0.4) is 0 Å². The zero-order valence-electron chi connectivity index (χ0n) is 11.6. The van der Waals surface area contributed by atoms with E-state index in [1.807, 2.05) is 50.9 Å². The molecular formula is C15H22N2O. The standard InChI is InChI=1S/C15H22N2O/c1-11-5-6-12(2)14(9-11)15(18)10-17(4)13(3)7-8-16/h5-6,9,13,15,18H,7,10H2,1-4H3/t13-,15+/m1/s1. The maximum absolute atomic E-state index is 10.3. The Labute approximate surface area is 110 Å². The molecule has 1 aromatic rings. The first-order valence-electron chi connectivity index (χ1n) is 6.28. The van der Waals surface area contributed by atoms with Gasteiger partial charge in [-0.2, -0.15) is 5.26 Å². The van der Waals surface area contributed by atoms with E-state index in [2.05, 4.69) is 6.07 Å². The van der Waals surface area contributed by atoms with E-state index >= 15 is 0 Å². The number of aryl methyl sites for hydroxylation is 2. The van der Waals surface area contributed by atoms with Crippen molar-refractivity contribution in [1.82, 2.24) is 4.90 Å². The third-order valence-corrected chi connectivity index (χ3v) is 3.39. The van der Waals surface area contributed by atoms with E-state index in [0.717, 1.165) is 16.7 Å². The quantitative estimate of drug-likeness (QED) is 0.868. The minimum absolute atomic E-state index is 0.162. The normalized spacial score (nSPS) is 14.3. The highest BCUT2D eigenvalue weighted by atomic mass is 16.3. The number of hydrogen-bond acceptors (Lipinski definition) is 3. The van der Waals surface area contributed by atoms with Gasteiger partial charge in [-0.25, -0.2) is 0 Å². The number of rotatable bonds is 5. The van der Waals surface area contributed by atoms with Gasteiger partial charge in [-0.1, -0.05) is 23.8 Å². The van der Waals surface area contributed by atoms with E-state index in [9.17, 15) is 5.11 Å². The fourth-order valence-corrected chi connectivity index (χ4v) is 1.96. The molecule has 0 saturated heterocycles. The van der Waals surface area contributed by atoms with Gasteiger partial charge < -0.3 is 5.11 Å². The van der Waals surface area contributed by atoms with E-state index in [0.29, 0.717) is 13.0 Å². The number of hydrogen-bond donors (Lipinski definition) is 1. The summed E-state index contributed by atoms with van der Waals surface area (Å²) in [4.78, 5) is 2.02. The first kappa shape index (κ1) is 14.7. The lowest BCUT2D eigenvalue weighted by Crippen LogP contribution is -2.32. The SMILES string of the molecule is Cc1ccc(C)c([C@@H](O)CN(C)[C@H](C)CC#N)c1. The Morgan fingerprint density at radius 2 is 2.06 bits per heavy atom. The number of likely N-dealkylation sites (N-methyl/N-ethyl adjacent to an activating group) is 1. The van der Waals surface area contributed by atoms with Crippen molar-refractivity contribution >= 4 is 0 Å². The minimum atomic E-state index is -0.504. The molecule has 18 heavy (non-hydrogen) atoms. The monoisotopic (exact) mass is 246 g/mol. The Morgan fingerprint density at radius 1 is 1.39 bits per heavy atom. The molecule has 1 aromatic carbocycles. The van der Waals surface area contributed by atoms with Gasteiger partial charge >= 0.3 is 0 Å². The van der Waals surface area contributed by atoms with Crippen molar-refractivity contribution in [3.63, 3.8) is 0 Å². The van der Waals surface area contributed by atoms with Gasteiger partial charge in [-0.05, 0) is 38.9 Å². The minimum Gasteiger partial charge on any atom is -0.387 e. The molecule has 0 saturated carbocycles. The molecular weight excluding hydrogens is 224 g/mol. The summed E-state index contributed by atoms with van der Waals surface area (Å²) in [5.41, 5.74) is 3.24. The summed E-state index contributed by atoms with van der Waals surface area (Å²) in [5.74, 6) is 0. The Balaban J connectivity index is 2.73. The Morgan fingerprint density at radius 3 is 2.67 bits per heavy atom. The van der Waals surface area contributed by atoms with Gasteiger partial charge in [0.1, 0.15) is 0 Å². The lowest BCUT2D eigenvalue weighted by atomic mass is 10.00. The van der Waals surface area contributed by atoms with Crippen LogP contribution in [0.1, 0.15) is 36.1 Å². The highest BCUT2D eigenvalue weighted by molar-refractivity contribution is 5.32. The van der Waals surface area contributed by atoms with Gasteiger partial charge in [0.15, 0.2) is 0 Å². The predicted molar refractivity (Wildman–Crippen MR) is 73.2 cm³/mol. The number of aliphatic hydroxyl groups excluding tert-OH is 1. The van der Waals surface area contributed by atoms with Gasteiger partial charge in [0, 0.05) is 12.6 Å². The summed E-state index contributed by atoms with van der Waals surface area (Å²) in [6.45, 7) is 6.58. The molecule has 0 aliphatic rings. The van der Waals surface area contributed by atoms with Crippen molar-refractivity contribution < 1.29 is 5.11 Å². The molecule has 98 valence electrons. The molecule has 0 aromatic heterocycles. The van der Waals surface area contributed by atoms with Crippen LogP contribution in [-0.2, 0) is 0 Å². The molecule has 0 radical (unpaired) electrons. The van der Waals surface area contributed by atoms with Gasteiger partial charge in [-0.15, -0.1) is 0 Å². The van der Waals surface area contributed by atoms with Crippen LogP contribution in [0.4, 0.5) is 0 Å². The average Bonchev–Trinajstić information content (AvgIpc) is 2.32. The lowest BCUT2D eigenvalue weighted by Gasteiger charge is -2.26. The number of nitrogens with zero attached hydrogens (tertiary/aromatic N) is 2. The second kappa shape index (κ2) is 6.53. The molecule has 0 spiro atoms. The summed E-state index contributed by atoms with van der Waals surface area (Å²) in [6.07, 6.45) is -0.0215. The highest BCUT2D eigenvalue weighted by Gasteiger charge is 2.16. The molecule has 0 heterocycles. The van der Waals surface area contributed by atoms with Crippen molar-refractivity contribution in [2.24, 2.45) is 0 Å². The van der Waals surface area contributed by atoms with Crippen LogP contribution in [0, 0.1) is 25.2 Å². The smallest absolute Gasteiger partial charge is 0.0919 e. The van der Waals surface area contributed by atoms with Gasteiger partial charge in [0.25, 0.3) is 0 Å². The number of nitriles is 1. The predicted octanol–water partition coefficient (Wildman–Crippen LogP) is 2.57. The summed E-state index contributed by atoms with van der Waals surface area (Å²) in [6, 6.07) is 8.43. The van der Waals surface area contributed by atoms with Crippen molar-refractivity contribution in [2.75, 3.05) is 13.6 Å². The summed E-state index contributed by atoms with van der Waals surface area (Å²) in [7, 11) is 1.94. The van der Waals surface area contributed by atoms with Crippen molar-refractivity contribution in [1.29, 1.82) is 5.26 Å². The number of aliphatic hydroxyl groups is 1. The second-order valence-electron chi connectivity index (χ2n) is 5.03.